The zero-order chi connectivity index (χ0) is 16.8. The lowest BCUT2D eigenvalue weighted by molar-refractivity contribution is -0.384. The van der Waals surface area contributed by atoms with Crippen LogP contribution in [0, 0.1) is 10.1 Å². The number of hydrogen-bond acceptors (Lipinski definition) is 4. The first-order valence-electron chi connectivity index (χ1n) is 7.42. The van der Waals surface area contributed by atoms with E-state index in [0.29, 0.717) is 5.69 Å². The number of rotatable bonds is 7. The van der Waals surface area contributed by atoms with Crippen LogP contribution in [0.1, 0.15) is 41.7 Å². The second-order valence-electron chi connectivity index (χ2n) is 5.25. The summed E-state index contributed by atoms with van der Waals surface area (Å²) in [6.45, 7) is 2.06. The van der Waals surface area contributed by atoms with Gasteiger partial charge in [-0.2, -0.15) is 0 Å². The number of nitrogens with zero attached hydrogens (tertiary/aromatic N) is 1. The van der Waals surface area contributed by atoms with Gasteiger partial charge in [0.15, 0.2) is 0 Å². The molecule has 0 aliphatic carbocycles. The number of anilines is 1. The number of nitrogens with two attached hydrogens (primary N) is 1. The van der Waals surface area contributed by atoms with Crippen molar-refractivity contribution in [2.24, 2.45) is 5.73 Å². The van der Waals surface area contributed by atoms with Crippen molar-refractivity contribution < 1.29 is 9.72 Å². The van der Waals surface area contributed by atoms with E-state index < -0.39 is 10.8 Å². The maximum absolute atomic E-state index is 11.3. The number of carbonyl (C=O) groups excluding carboxylic acids is 1. The van der Waals surface area contributed by atoms with Crippen LogP contribution >= 0.6 is 0 Å². The molecule has 6 nitrogen and oxygen atoms in total. The van der Waals surface area contributed by atoms with Crippen LogP contribution in [0.25, 0.3) is 0 Å². The molecule has 23 heavy (non-hydrogen) atoms. The zero-order valence-electron chi connectivity index (χ0n) is 12.9. The molecule has 0 spiro atoms. The summed E-state index contributed by atoms with van der Waals surface area (Å²) in [6, 6.07) is 14.0. The number of benzene rings is 2. The summed E-state index contributed by atoms with van der Waals surface area (Å²) in [5.74, 6) is -0.687. The summed E-state index contributed by atoms with van der Waals surface area (Å²) in [7, 11) is 0. The molecule has 3 N–H and O–H groups in total. The van der Waals surface area contributed by atoms with Crippen molar-refractivity contribution in [3.05, 3.63) is 69.8 Å². The Hall–Kier alpha value is -2.89. The Morgan fingerprint density at radius 2 is 1.96 bits per heavy atom. The summed E-state index contributed by atoms with van der Waals surface area (Å²) in [6.07, 6.45) is 1.76. The maximum Gasteiger partial charge on any atom is 0.293 e. The van der Waals surface area contributed by atoms with E-state index >= 15 is 0 Å². The summed E-state index contributed by atoms with van der Waals surface area (Å²) in [5.41, 5.74) is 6.59. The molecule has 0 unspecified atom stereocenters. The predicted molar refractivity (Wildman–Crippen MR) is 89.3 cm³/mol. The molecule has 6 heteroatoms. The number of primary amides is 1. The fourth-order valence-electron chi connectivity index (χ4n) is 2.44. The summed E-state index contributed by atoms with van der Waals surface area (Å²) < 4.78 is 0. The van der Waals surface area contributed by atoms with E-state index in [9.17, 15) is 14.9 Å². The highest BCUT2D eigenvalue weighted by Crippen LogP contribution is 2.31. The first-order chi connectivity index (χ1) is 11.0. The third kappa shape index (κ3) is 4.06. The van der Waals surface area contributed by atoms with Crippen LogP contribution in [0.4, 0.5) is 11.4 Å². The number of hydrogen-bond donors (Lipinski definition) is 2. The van der Waals surface area contributed by atoms with Crippen LogP contribution in [-0.2, 0) is 0 Å². The van der Waals surface area contributed by atoms with Gasteiger partial charge in [0.1, 0.15) is 5.69 Å². The summed E-state index contributed by atoms with van der Waals surface area (Å²) in [5, 5.41) is 14.5. The van der Waals surface area contributed by atoms with Crippen LogP contribution in [0.15, 0.2) is 48.5 Å². The molecule has 0 radical (unpaired) electrons. The first-order valence-corrected chi connectivity index (χ1v) is 7.42. The van der Waals surface area contributed by atoms with Gasteiger partial charge in [0.05, 0.1) is 11.0 Å². The van der Waals surface area contributed by atoms with Gasteiger partial charge in [-0.05, 0) is 24.1 Å². The highest BCUT2D eigenvalue weighted by molar-refractivity contribution is 5.94. The van der Waals surface area contributed by atoms with Gasteiger partial charge < -0.3 is 11.1 Å². The molecule has 1 amide bonds. The highest BCUT2D eigenvalue weighted by atomic mass is 16.6. The number of nitrogens with one attached hydrogen (secondary N) is 1. The molecule has 0 aliphatic rings. The Kier molecular flexibility index (Phi) is 5.30. The van der Waals surface area contributed by atoms with Gasteiger partial charge in [-0.1, -0.05) is 43.7 Å². The van der Waals surface area contributed by atoms with Crippen LogP contribution in [-0.4, -0.2) is 10.8 Å². The molecule has 0 aromatic heterocycles. The van der Waals surface area contributed by atoms with E-state index in [2.05, 4.69) is 12.2 Å². The first kappa shape index (κ1) is 16.5. The minimum atomic E-state index is -0.687. The third-order valence-corrected chi connectivity index (χ3v) is 3.59. The molecule has 2 aromatic carbocycles. The van der Waals surface area contributed by atoms with Crippen LogP contribution < -0.4 is 11.1 Å². The topological polar surface area (TPSA) is 98.3 Å². The lowest BCUT2D eigenvalue weighted by Crippen LogP contribution is -2.14. The fourth-order valence-corrected chi connectivity index (χ4v) is 2.44. The minimum Gasteiger partial charge on any atom is -0.373 e. The van der Waals surface area contributed by atoms with Crippen LogP contribution in [0.5, 0.6) is 0 Å². The molecular formula is C17H19N3O3. The zero-order valence-corrected chi connectivity index (χ0v) is 12.9. The van der Waals surface area contributed by atoms with Gasteiger partial charge in [0.2, 0.25) is 5.91 Å². The predicted octanol–water partition coefficient (Wildman–Crippen LogP) is 3.65. The Balaban J connectivity index is 2.36. The largest absolute Gasteiger partial charge is 0.373 e. The number of nitro benzene ring substituents is 1. The van der Waals surface area contributed by atoms with E-state index in [1.165, 1.54) is 18.2 Å². The average molecular weight is 313 g/mol. The van der Waals surface area contributed by atoms with E-state index in [1.54, 1.807) is 0 Å². The normalized spacial score (nSPS) is 11.7. The fraction of sp³-hybridized carbons (Fsp3) is 0.235. The maximum atomic E-state index is 11.3. The average Bonchev–Trinajstić information content (AvgIpc) is 2.55. The molecule has 2 rings (SSSR count). The number of nitro groups is 1. The molecule has 0 saturated carbocycles. The molecular weight excluding hydrogens is 294 g/mol. The molecule has 0 fully saturated rings. The van der Waals surface area contributed by atoms with E-state index in [0.717, 1.165) is 18.4 Å². The van der Waals surface area contributed by atoms with Crippen molar-refractivity contribution in [1.29, 1.82) is 0 Å². The number of amides is 1. The molecule has 0 heterocycles. The van der Waals surface area contributed by atoms with Crippen LogP contribution in [0.2, 0.25) is 0 Å². The van der Waals surface area contributed by atoms with Gasteiger partial charge >= 0.3 is 0 Å². The van der Waals surface area contributed by atoms with Crippen molar-refractivity contribution in [2.75, 3.05) is 5.32 Å². The van der Waals surface area contributed by atoms with Crippen molar-refractivity contribution in [2.45, 2.75) is 25.8 Å². The Morgan fingerprint density at radius 1 is 1.26 bits per heavy atom. The van der Waals surface area contributed by atoms with Gasteiger partial charge in [0.25, 0.3) is 5.69 Å². The Labute approximate surface area is 134 Å². The third-order valence-electron chi connectivity index (χ3n) is 3.59. The summed E-state index contributed by atoms with van der Waals surface area (Å²) in [4.78, 5) is 22.0. The van der Waals surface area contributed by atoms with E-state index in [1.807, 2.05) is 30.3 Å². The van der Waals surface area contributed by atoms with E-state index in [4.69, 9.17) is 5.73 Å². The standard InChI is InChI=1S/C17H19N3O3/c1-2-6-14(12-7-4-3-5-8-12)19-15-10-9-13(17(18)21)11-16(15)20(22)23/h3-5,7-11,14,19H,2,6H2,1H3,(H2,18,21)/t14-/m0/s1. The van der Waals surface area contributed by atoms with Crippen molar-refractivity contribution in [3.8, 4) is 0 Å². The van der Waals surface area contributed by atoms with Crippen LogP contribution in [0.3, 0.4) is 0 Å². The van der Waals surface area contributed by atoms with Crippen molar-refractivity contribution in [3.63, 3.8) is 0 Å². The lowest BCUT2D eigenvalue weighted by Gasteiger charge is -2.20. The number of carbonyl (C=O) groups is 1. The van der Waals surface area contributed by atoms with Crippen molar-refractivity contribution >= 4 is 17.3 Å². The molecule has 0 aliphatic heterocycles. The molecule has 1 atom stereocenters. The molecule has 0 bridgehead atoms. The van der Waals surface area contributed by atoms with Gasteiger partial charge in [0, 0.05) is 11.6 Å². The molecule has 120 valence electrons. The van der Waals surface area contributed by atoms with Gasteiger partial charge in [-0.25, -0.2) is 0 Å². The highest BCUT2D eigenvalue weighted by Gasteiger charge is 2.19. The summed E-state index contributed by atoms with van der Waals surface area (Å²) >= 11 is 0. The van der Waals surface area contributed by atoms with Gasteiger partial charge in [-0.15, -0.1) is 0 Å². The lowest BCUT2D eigenvalue weighted by atomic mass is 10.0. The molecule has 2 aromatic rings. The Bertz CT molecular complexity index is 701. The smallest absolute Gasteiger partial charge is 0.293 e. The quantitative estimate of drug-likeness (QED) is 0.602. The second kappa shape index (κ2) is 7.40. The monoisotopic (exact) mass is 313 g/mol. The SMILES string of the molecule is CCC[C@H](Nc1ccc(C(N)=O)cc1[N+](=O)[O-])c1ccccc1. The van der Waals surface area contributed by atoms with Gasteiger partial charge in [-0.3, -0.25) is 14.9 Å². The Morgan fingerprint density at radius 3 is 2.52 bits per heavy atom. The van der Waals surface area contributed by atoms with E-state index in [-0.39, 0.29) is 17.3 Å². The van der Waals surface area contributed by atoms with Crippen molar-refractivity contribution in [1.82, 2.24) is 0 Å². The minimum absolute atomic E-state index is 0.0423. The second-order valence-corrected chi connectivity index (χ2v) is 5.25. The molecule has 0 saturated heterocycles.